The molecular formula is C14H21N. The van der Waals surface area contributed by atoms with Gasteiger partial charge in [-0.15, -0.1) is 0 Å². The van der Waals surface area contributed by atoms with Crippen LogP contribution in [0.2, 0.25) is 0 Å². The van der Waals surface area contributed by atoms with Crippen molar-refractivity contribution in [1.82, 2.24) is 5.32 Å². The summed E-state index contributed by atoms with van der Waals surface area (Å²) in [5.41, 5.74) is 3.13. The summed E-state index contributed by atoms with van der Waals surface area (Å²) in [7, 11) is 0. The summed E-state index contributed by atoms with van der Waals surface area (Å²) in [6, 6.07) is 9.53. The van der Waals surface area contributed by atoms with Gasteiger partial charge in [-0.05, 0) is 49.8 Å². The van der Waals surface area contributed by atoms with Gasteiger partial charge in [0.2, 0.25) is 0 Å². The number of hydrogen-bond acceptors (Lipinski definition) is 1. The SMILES string of the molecule is CCCNC(C)C1Cc2ccccc2C1. The van der Waals surface area contributed by atoms with Crippen LogP contribution in [-0.4, -0.2) is 12.6 Å². The maximum absolute atomic E-state index is 3.61. The molecule has 0 radical (unpaired) electrons. The minimum absolute atomic E-state index is 0.650. The van der Waals surface area contributed by atoms with E-state index in [1.54, 1.807) is 11.1 Å². The number of fused-ring (bicyclic) bond motifs is 1. The fourth-order valence-electron chi connectivity index (χ4n) is 2.49. The maximum Gasteiger partial charge on any atom is 0.00733 e. The van der Waals surface area contributed by atoms with Crippen molar-refractivity contribution in [3.05, 3.63) is 35.4 Å². The largest absolute Gasteiger partial charge is 0.314 e. The van der Waals surface area contributed by atoms with Gasteiger partial charge in [-0.25, -0.2) is 0 Å². The summed E-state index contributed by atoms with van der Waals surface area (Å²) >= 11 is 0. The smallest absolute Gasteiger partial charge is 0.00733 e. The van der Waals surface area contributed by atoms with Crippen molar-refractivity contribution in [3.8, 4) is 0 Å². The van der Waals surface area contributed by atoms with E-state index in [9.17, 15) is 0 Å². The summed E-state index contributed by atoms with van der Waals surface area (Å²) in [5, 5.41) is 3.61. The molecule has 1 aromatic rings. The Balaban J connectivity index is 1.94. The van der Waals surface area contributed by atoms with Crippen LogP contribution in [0.5, 0.6) is 0 Å². The lowest BCUT2D eigenvalue weighted by Gasteiger charge is -2.20. The molecule has 1 aliphatic carbocycles. The zero-order chi connectivity index (χ0) is 10.7. The molecule has 0 saturated carbocycles. The summed E-state index contributed by atoms with van der Waals surface area (Å²) in [6.07, 6.45) is 3.74. The van der Waals surface area contributed by atoms with Crippen LogP contribution in [0.1, 0.15) is 31.4 Å². The minimum atomic E-state index is 0.650. The van der Waals surface area contributed by atoms with E-state index in [2.05, 4.69) is 43.4 Å². The van der Waals surface area contributed by atoms with E-state index in [1.807, 2.05) is 0 Å². The van der Waals surface area contributed by atoms with Crippen LogP contribution in [0.15, 0.2) is 24.3 Å². The van der Waals surface area contributed by atoms with Crippen LogP contribution >= 0.6 is 0 Å². The van der Waals surface area contributed by atoms with Gasteiger partial charge in [-0.1, -0.05) is 31.2 Å². The van der Waals surface area contributed by atoms with Gasteiger partial charge in [0.25, 0.3) is 0 Å². The first-order valence-corrected chi connectivity index (χ1v) is 6.11. The molecule has 0 amide bonds. The summed E-state index contributed by atoms with van der Waals surface area (Å²) in [4.78, 5) is 0. The first kappa shape index (κ1) is 10.7. The molecule has 0 spiro atoms. The average molecular weight is 203 g/mol. The van der Waals surface area contributed by atoms with Crippen LogP contribution in [0.25, 0.3) is 0 Å². The number of nitrogens with one attached hydrogen (secondary N) is 1. The molecule has 1 aliphatic rings. The van der Waals surface area contributed by atoms with Crippen LogP contribution in [0.4, 0.5) is 0 Å². The molecule has 0 aliphatic heterocycles. The zero-order valence-electron chi connectivity index (χ0n) is 9.79. The number of benzene rings is 1. The molecule has 1 aromatic carbocycles. The second-order valence-corrected chi connectivity index (χ2v) is 4.68. The van der Waals surface area contributed by atoms with E-state index in [-0.39, 0.29) is 0 Å². The standard InChI is InChI=1S/C14H21N/c1-3-8-15-11(2)14-9-12-6-4-5-7-13(12)10-14/h4-7,11,14-15H,3,8-10H2,1-2H3. The van der Waals surface area contributed by atoms with Crippen LogP contribution in [0.3, 0.4) is 0 Å². The van der Waals surface area contributed by atoms with Gasteiger partial charge in [0.15, 0.2) is 0 Å². The van der Waals surface area contributed by atoms with Crippen LogP contribution in [-0.2, 0) is 12.8 Å². The van der Waals surface area contributed by atoms with Gasteiger partial charge in [0, 0.05) is 6.04 Å². The van der Waals surface area contributed by atoms with Gasteiger partial charge >= 0.3 is 0 Å². The van der Waals surface area contributed by atoms with Gasteiger partial charge in [-0.2, -0.15) is 0 Å². The molecule has 82 valence electrons. The monoisotopic (exact) mass is 203 g/mol. The minimum Gasteiger partial charge on any atom is -0.314 e. The molecule has 1 N–H and O–H groups in total. The molecule has 1 atom stereocenters. The quantitative estimate of drug-likeness (QED) is 0.793. The summed E-state index contributed by atoms with van der Waals surface area (Å²) in [6.45, 7) is 5.70. The van der Waals surface area contributed by atoms with E-state index in [0.717, 1.165) is 12.5 Å². The van der Waals surface area contributed by atoms with E-state index in [4.69, 9.17) is 0 Å². The molecule has 1 heteroatoms. The fourth-order valence-corrected chi connectivity index (χ4v) is 2.49. The van der Waals surface area contributed by atoms with Crippen molar-refractivity contribution < 1.29 is 0 Å². The second-order valence-electron chi connectivity index (χ2n) is 4.68. The van der Waals surface area contributed by atoms with E-state index in [0.29, 0.717) is 6.04 Å². The third-order valence-electron chi connectivity index (χ3n) is 3.51. The van der Waals surface area contributed by atoms with Crippen molar-refractivity contribution in [1.29, 1.82) is 0 Å². The van der Waals surface area contributed by atoms with Gasteiger partial charge < -0.3 is 5.32 Å². The average Bonchev–Trinajstić information content (AvgIpc) is 2.69. The third-order valence-corrected chi connectivity index (χ3v) is 3.51. The first-order chi connectivity index (χ1) is 7.31. The van der Waals surface area contributed by atoms with Crippen LogP contribution in [0, 0.1) is 5.92 Å². The third kappa shape index (κ3) is 2.40. The molecule has 1 unspecified atom stereocenters. The van der Waals surface area contributed by atoms with Gasteiger partial charge in [-0.3, -0.25) is 0 Å². The molecule has 15 heavy (non-hydrogen) atoms. The number of hydrogen-bond donors (Lipinski definition) is 1. The second kappa shape index (κ2) is 4.80. The molecule has 0 saturated heterocycles. The Hall–Kier alpha value is -0.820. The Bertz CT molecular complexity index is 294. The molecule has 0 bridgehead atoms. The van der Waals surface area contributed by atoms with Gasteiger partial charge in [0.1, 0.15) is 0 Å². The van der Waals surface area contributed by atoms with E-state index >= 15 is 0 Å². The van der Waals surface area contributed by atoms with Crippen molar-refractivity contribution >= 4 is 0 Å². The highest BCUT2D eigenvalue weighted by molar-refractivity contribution is 5.32. The Morgan fingerprint density at radius 3 is 2.40 bits per heavy atom. The molecular weight excluding hydrogens is 182 g/mol. The Morgan fingerprint density at radius 1 is 1.27 bits per heavy atom. The molecule has 0 aromatic heterocycles. The predicted octanol–water partition coefficient (Wildman–Crippen LogP) is 2.79. The molecule has 2 rings (SSSR count). The molecule has 0 heterocycles. The molecule has 1 nitrogen and oxygen atoms in total. The summed E-state index contributed by atoms with van der Waals surface area (Å²) in [5.74, 6) is 0.800. The predicted molar refractivity (Wildman–Crippen MR) is 65.1 cm³/mol. The lowest BCUT2D eigenvalue weighted by molar-refractivity contribution is 0.388. The highest BCUT2D eigenvalue weighted by atomic mass is 14.9. The van der Waals surface area contributed by atoms with Crippen molar-refractivity contribution in [2.75, 3.05) is 6.54 Å². The summed E-state index contributed by atoms with van der Waals surface area (Å²) < 4.78 is 0. The lowest BCUT2D eigenvalue weighted by Crippen LogP contribution is -2.34. The maximum atomic E-state index is 3.61. The zero-order valence-corrected chi connectivity index (χ0v) is 9.79. The lowest BCUT2D eigenvalue weighted by atomic mass is 9.98. The van der Waals surface area contributed by atoms with Gasteiger partial charge in [0.05, 0.1) is 0 Å². The van der Waals surface area contributed by atoms with E-state index < -0.39 is 0 Å². The Morgan fingerprint density at radius 2 is 1.87 bits per heavy atom. The molecule has 0 fully saturated rings. The first-order valence-electron chi connectivity index (χ1n) is 6.11. The highest BCUT2D eigenvalue weighted by Crippen LogP contribution is 2.28. The van der Waals surface area contributed by atoms with Crippen molar-refractivity contribution in [3.63, 3.8) is 0 Å². The Labute approximate surface area is 92.9 Å². The van der Waals surface area contributed by atoms with Crippen molar-refractivity contribution in [2.24, 2.45) is 5.92 Å². The fraction of sp³-hybridized carbons (Fsp3) is 0.571. The highest BCUT2D eigenvalue weighted by Gasteiger charge is 2.24. The van der Waals surface area contributed by atoms with Crippen LogP contribution < -0.4 is 5.32 Å². The topological polar surface area (TPSA) is 12.0 Å². The Kier molecular flexibility index (Phi) is 3.42. The van der Waals surface area contributed by atoms with E-state index in [1.165, 1.54) is 19.3 Å². The number of rotatable bonds is 4. The normalized spacial score (nSPS) is 17.7. The van der Waals surface area contributed by atoms with Crippen molar-refractivity contribution in [2.45, 2.75) is 39.2 Å².